The van der Waals surface area contributed by atoms with Gasteiger partial charge in [-0.2, -0.15) is 0 Å². The lowest BCUT2D eigenvalue weighted by atomic mass is 10.1. The van der Waals surface area contributed by atoms with Gasteiger partial charge in [0.25, 0.3) is 11.8 Å². The van der Waals surface area contributed by atoms with E-state index in [1.807, 2.05) is 0 Å². The number of nitrogens with zero attached hydrogens (tertiary/aromatic N) is 1. The number of hydrogen-bond acceptors (Lipinski definition) is 8. The van der Waals surface area contributed by atoms with E-state index in [1.54, 1.807) is 0 Å². The van der Waals surface area contributed by atoms with Crippen LogP contribution < -0.4 is 26.6 Å². The Labute approximate surface area is 262 Å². The highest BCUT2D eigenvalue weighted by Gasteiger charge is 2.23. The van der Waals surface area contributed by atoms with Gasteiger partial charge in [0.15, 0.2) is 0 Å². The molecule has 0 aliphatic carbocycles. The third kappa shape index (κ3) is 21.6. The molecule has 0 saturated carbocycles. The Morgan fingerprint density at radius 1 is 0.659 bits per heavy atom. The third-order valence-electron chi connectivity index (χ3n) is 5.84. The van der Waals surface area contributed by atoms with Crippen molar-refractivity contribution in [3.8, 4) is 0 Å². The first-order valence-corrected chi connectivity index (χ1v) is 13.4. The normalized spacial score (nSPS) is 11.8. The van der Waals surface area contributed by atoms with Crippen molar-refractivity contribution in [2.45, 2.75) is 101 Å². The first-order chi connectivity index (χ1) is 19.0. The van der Waals surface area contributed by atoms with E-state index in [2.05, 4.69) is 26.6 Å². The number of imide groups is 1. The molecule has 0 aromatic rings. The fourth-order valence-corrected chi connectivity index (χ4v) is 3.66. The Morgan fingerprint density at radius 3 is 1.75 bits per heavy atom. The minimum Gasteiger partial charge on any atom is -0.355 e. The Hall–Kier alpha value is -4.10. The van der Waals surface area contributed by atoms with Gasteiger partial charge in [0.1, 0.15) is 11.8 Å². The van der Waals surface area contributed by atoms with Crippen LogP contribution in [0.4, 0.5) is 0 Å². The second-order valence-corrected chi connectivity index (χ2v) is 9.34. The van der Waals surface area contributed by atoms with Crippen molar-refractivity contribution < 1.29 is 38.4 Å². The lowest BCUT2D eigenvalue weighted by Crippen LogP contribution is -2.49. The molecule has 0 radical (unpaired) electrons. The summed E-state index contributed by atoms with van der Waals surface area (Å²) in [7, 11) is 0. The molecule has 44 heavy (non-hydrogen) atoms. The van der Waals surface area contributed by atoms with Crippen LogP contribution in [-0.4, -0.2) is 90.8 Å². The van der Waals surface area contributed by atoms with E-state index in [0.717, 1.165) is 4.90 Å². The Morgan fingerprint density at radius 2 is 1.18 bits per heavy atom. The molecular formula is C30H56N6O8. The summed E-state index contributed by atoms with van der Waals surface area (Å²) >= 11 is 0. The molecular weight excluding hydrogens is 572 g/mol. The van der Waals surface area contributed by atoms with Crippen LogP contribution in [0.15, 0.2) is 12.2 Å². The summed E-state index contributed by atoms with van der Waals surface area (Å²) in [6.45, 7) is 2.95. The Kier molecular flexibility index (Phi) is 28.2. The Balaban J connectivity index is -0.00000200. The van der Waals surface area contributed by atoms with E-state index in [-0.39, 0.29) is 85.2 Å². The molecule has 0 aromatic carbocycles. The average Bonchev–Trinajstić information content (AvgIpc) is 3.22. The fourth-order valence-electron chi connectivity index (χ4n) is 3.66. The van der Waals surface area contributed by atoms with Crippen molar-refractivity contribution in [3.63, 3.8) is 0 Å². The smallest absolute Gasteiger partial charge is 0.253 e. The number of carbonyl (C=O) groups is 8. The fraction of sp³-hybridized carbons (Fsp3) is 0.667. The van der Waals surface area contributed by atoms with Crippen molar-refractivity contribution >= 4 is 47.1 Å². The van der Waals surface area contributed by atoms with Crippen LogP contribution in [0, 0.1) is 0 Å². The quantitative estimate of drug-likeness (QED) is 0.0976. The van der Waals surface area contributed by atoms with Crippen LogP contribution in [0.3, 0.4) is 0 Å². The highest BCUT2D eigenvalue weighted by atomic mass is 16.2. The van der Waals surface area contributed by atoms with Gasteiger partial charge in [0, 0.05) is 58.5 Å². The maximum Gasteiger partial charge on any atom is 0.253 e. The summed E-state index contributed by atoms with van der Waals surface area (Å²) in [5.41, 5.74) is 0. The number of rotatable bonds is 20. The lowest BCUT2D eigenvalue weighted by Gasteiger charge is -2.19. The summed E-state index contributed by atoms with van der Waals surface area (Å²) < 4.78 is 0. The van der Waals surface area contributed by atoms with Crippen LogP contribution in [0.5, 0.6) is 0 Å². The standard InChI is InChI=1S/C26H40N6O8.4CH4/c1-18(33)29-16-22(36)27-13-7-5-9-21(31-23(37)17-30-19(2)34)26(40)28-14-6-3-4-8-20(35)12-15-32-24(38)10-11-25(32)39;;;;/h10-11,21H,3-9,12-17H2,1-2H3,(H,27,36)(H,28,40)(H,29,33)(H,30,34)(H,31,37);4*1H4. The summed E-state index contributed by atoms with van der Waals surface area (Å²) in [5.74, 6) is -2.78. The third-order valence-corrected chi connectivity index (χ3v) is 5.84. The van der Waals surface area contributed by atoms with E-state index in [9.17, 15) is 38.4 Å². The van der Waals surface area contributed by atoms with Gasteiger partial charge in [-0.25, -0.2) is 0 Å². The van der Waals surface area contributed by atoms with Gasteiger partial charge in [0.2, 0.25) is 29.5 Å². The largest absolute Gasteiger partial charge is 0.355 e. The van der Waals surface area contributed by atoms with Gasteiger partial charge in [0.05, 0.1) is 13.1 Å². The van der Waals surface area contributed by atoms with Gasteiger partial charge in [-0.05, 0) is 32.1 Å². The molecule has 1 atom stereocenters. The van der Waals surface area contributed by atoms with Crippen LogP contribution >= 0.6 is 0 Å². The predicted octanol–water partition coefficient (Wildman–Crippen LogP) is 1.14. The first kappa shape index (κ1) is 46.8. The van der Waals surface area contributed by atoms with Crippen LogP contribution in [-0.2, 0) is 38.4 Å². The SMILES string of the molecule is C.C.C.C.CC(=O)NCC(=O)NCCCCC(NC(=O)CNC(C)=O)C(=O)NCCCCCC(=O)CCN1C(=O)C=CC1=O. The lowest BCUT2D eigenvalue weighted by molar-refractivity contribution is -0.137. The zero-order valence-electron chi connectivity index (χ0n) is 23.1. The molecule has 1 unspecified atom stereocenters. The minimum absolute atomic E-state index is 0. The van der Waals surface area contributed by atoms with E-state index < -0.39 is 23.8 Å². The number of Topliss-reactive ketones (excluding diaryl/α,β-unsaturated/α-hetero) is 1. The molecule has 0 saturated heterocycles. The molecule has 5 N–H and O–H groups in total. The predicted molar refractivity (Wildman–Crippen MR) is 170 cm³/mol. The maximum absolute atomic E-state index is 12.7. The zero-order valence-corrected chi connectivity index (χ0v) is 23.1. The molecule has 1 heterocycles. The minimum atomic E-state index is -0.830. The van der Waals surface area contributed by atoms with Crippen molar-refractivity contribution in [2.75, 3.05) is 32.7 Å². The van der Waals surface area contributed by atoms with E-state index >= 15 is 0 Å². The summed E-state index contributed by atoms with van der Waals surface area (Å²) in [6.07, 6.45) is 6.02. The maximum atomic E-state index is 12.7. The number of hydrogen-bond donors (Lipinski definition) is 5. The number of nitrogens with one attached hydrogen (secondary N) is 5. The number of ketones is 1. The molecule has 7 amide bonds. The van der Waals surface area contributed by atoms with Gasteiger partial charge in [-0.1, -0.05) is 36.1 Å². The second-order valence-electron chi connectivity index (χ2n) is 9.34. The molecule has 0 aromatic heterocycles. The summed E-state index contributed by atoms with van der Waals surface area (Å²) in [6, 6.07) is -0.830. The number of unbranched alkanes of at least 4 members (excludes halogenated alkanes) is 3. The average molecular weight is 629 g/mol. The topological polar surface area (TPSA) is 200 Å². The molecule has 14 nitrogen and oxygen atoms in total. The highest BCUT2D eigenvalue weighted by Crippen LogP contribution is 2.08. The molecule has 254 valence electrons. The van der Waals surface area contributed by atoms with Gasteiger partial charge in [-0.15, -0.1) is 0 Å². The summed E-state index contributed by atoms with van der Waals surface area (Å²) in [5, 5.41) is 12.8. The van der Waals surface area contributed by atoms with Crippen molar-refractivity contribution in [1.29, 1.82) is 0 Å². The Bertz CT molecular complexity index is 965. The van der Waals surface area contributed by atoms with E-state index in [1.165, 1.54) is 26.0 Å². The molecule has 0 fully saturated rings. The van der Waals surface area contributed by atoms with Crippen molar-refractivity contribution in [2.24, 2.45) is 0 Å². The van der Waals surface area contributed by atoms with Crippen LogP contribution in [0.2, 0.25) is 0 Å². The van der Waals surface area contributed by atoms with Gasteiger partial charge in [-0.3, -0.25) is 43.3 Å². The molecule has 1 aliphatic heterocycles. The van der Waals surface area contributed by atoms with Gasteiger partial charge < -0.3 is 26.6 Å². The molecule has 1 rings (SSSR count). The second kappa shape index (κ2) is 26.5. The zero-order chi connectivity index (χ0) is 29.9. The van der Waals surface area contributed by atoms with Crippen LogP contribution in [0.1, 0.15) is 94.9 Å². The molecule has 1 aliphatic rings. The van der Waals surface area contributed by atoms with Crippen molar-refractivity contribution in [3.05, 3.63) is 12.2 Å². The molecule has 0 bridgehead atoms. The van der Waals surface area contributed by atoms with E-state index in [0.29, 0.717) is 58.0 Å². The molecule has 14 heteroatoms. The molecule has 0 spiro atoms. The monoisotopic (exact) mass is 628 g/mol. The number of carbonyl (C=O) groups excluding carboxylic acids is 8. The van der Waals surface area contributed by atoms with Crippen molar-refractivity contribution in [1.82, 2.24) is 31.5 Å². The van der Waals surface area contributed by atoms with Gasteiger partial charge >= 0.3 is 0 Å². The first-order valence-electron chi connectivity index (χ1n) is 13.4. The highest BCUT2D eigenvalue weighted by molar-refractivity contribution is 6.13. The number of amides is 7. The van der Waals surface area contributed by atoms with Crippen LogP contribution in [0.25, 0.3) is 0 Å². The summed E-state index contributed by atoms with van der Waals surface area (Å²) in [4.78, 5) is 94.5. The van der Waals surface area contributed by atoms with E-state index in [4.69, 9.17) is 0 Å².